The first-order valence-electron chi connectivity index (χ1n) is 24.0. The van der Waals surface area contributed by atoms with E-state index < -0.39 is 18.1 Å². The van der Waals surface area contributed by atoms with Gasteiger partial charge in [0, 0.05) is 19.3 Å². The van der Waals surface area contributed by atoms with Crippen LogP contribution in [0.25, 0.3) is 0 Å². The van der Waals surface area contributed by atoms with Crippen LogP contribution in [0.1, 0.15) is 187 Å². The number of likely N-dealkylation sites (N-methyl/N-ethyl adjacent to an activating group) is 1. The summed E-state index contributed by atoms with van der Waals surface area (Å²) in [5, 5.41) is 11.6. The highest BCUT2D eigenvalue weighted by Gasteiger charge is 2.25. The van der Waals surface area contributed by atoms with Gasteiger partial charge in [0.25, 0.3) is 0 Å². The molecule has 0 aromatic heterocycles. The van der Waals surface area contributed by atoms with Crippen LogP contribution in [0.4, 0.5) is 0 Å². The van der Waals surface area contributed by atoms with Crippen molar-refractivity contribution in [3.8, 4) is 0 Å². The van der Waals surface area contributed by atoms with E-state index in [1.807, 2.05) is 0 Å². The molecule has 0 saturated carbocycles. The first-order valence-corrected chi connectivity index (χ1v) is 24.0. The average molecular weight is 840 g/mol. The molecule has 0 N–H and O–H groups in total. The van der Waals surface area contributed by atoms with Crippen molar-refractivity contribution in [3.05, 3.63) is 72.9 Å². The molecule has 0 aromatic carbocycles. The number of esters is 2. The molecule has 60 heavy (non-hydrogen) atoms. The number of carboxylic acids is 1. The van der Waals surface area contributed by atoms with Gasteiger partial charge in [0.15, 0.2) is 6.10 Å². The Morgan fingerprint density at radius 2 is 0.933 bits per heavy atom. The second-order valence-electron chi connectivity index (χ2n) is 17.0. The zero-order valence-electron chi connectivity index (χ0n) is 39.1. The maximum atomic E-state index is 12.8. The lowest BCUT2D eigenvalue weighted by Gasteiger charge is -2.34. The number of nitrogens with zero attached hydrogens (tertiary/aromatic N) is 1. The zero-order chi connectivity index (χ0) is 44.2. The fraction of sp³-hybridized carbons (Fsp3) is 0.712. The van der Waals surface area contributed by atoms with Crippen LogP contribution in [0, 0.1) is 0 Å². The van der Waals surface area contributed by atoms with Crippen molar-refractivity contribution < 1.29 is 38.2 Å². The van der Waals surface area contributed by atoms with E-state index in [2.05, 4.69) is 86.8 Å². The number of rotatable bonds is 42. The van der Waals surface area contributed by atoms with Crippen LogP contribution in [0.2, 0.25) is 0 Å². The number of allylic oxidation sites excluding steroid dienone is 12. The summed E-state index contributed by atoms with van der Waals surface area (Å²) in [7, 11) is 5.40. The highest BCUT2D eigenvalue weighted by molar-refractivity contribution is 5.70. The molecule has 0 fully saturated rings. The number of unbranched alkanes of at least 4 members (excludes halogenated alkanes) is 16. The van der Waals surface area contributed by atoms with Gasteiger partial charge in [-0.25, -0.2) is 0 Å². The molecule has 0 aliphatic carbocycles. The number of quaternary nitrogens is 1. The second kappa shape index (κ2) is 42.5. The molecule has 2 unspecified atom stereocenters. The predicted molar refractivity (Wildman–Crippen MR) is 249 cm³/mol. The smallest absolute Gasteiger partial charge is 0.306 e. The van der Waals surface area contributed by atoms with Gasteiger partial charge in [0.05, 0.1) is 40.3 Å². The van der Waals surface area contributed by atoms with Crippen molar-refractivity contribution >= 4 is 17.9 Å². The minimum Gasteiger partial charge on any atom is -0.544 e. The molecule has 8 heteroatoms. The van der Waals surface area contributed by atoms with E-state index in [0.29, 0.717) is 12.8 Å². The summed E-state index contributed by atoms with van der Waals surface area (Å²) in [4.78, 5) is 36.9. The third-order valence-corrected chi connectivity index (χ3v) is 10.3. The SMILES string of the molecule is CC/C=C\C/C=C\C/C=C\C/C=C\CCCCCCCCCCCCC(=O)OC(COCCC(C(=O)[O-])[N+](C)(C)C)COC(=O)CCCCCCC/C=C\C/C=C\CCC. The number of ether oxygens (including phenoxy) is 3. The summed E-state index contributed by atoms with van der Waals surface area (Å²) in [6.45, 7) is 4.46. The number of aliphatic carboxylic acids is 1. The Balaban J connectivity index is 4.27. The van der Waals surface area contributed by atoms with Crippen LogP contribution in [-0.4, -0.2) is 75.5 Å². The quantitative estimate of drug-likeness (QED) is 0.0261. The van der Waals surface area contributed by atoms with Crippen LogP contribution in [0.15, 0.2) is 72.9 Å². The molecule has 344 valence electrons. The van der Waals surface area contributed by atoms with Crippen LogP contribution in [0.3, 0.4) is 0 Å². The zero-order valence-corrected chi connectivity index (χ0v) is 39.1. The number of hydrogen-bond acceptors (Lipinski definition) is 7. The van der Waals surface area contributed by atoms with Crippen LogP contribution >= 0.6 is 0 Å². The Labute approximate surface area is 368 Å². The van der Waals surface area contributed by atoms with Crippen molar-refractivity contribution in [1.29, 1.82) is 0 Å². The minimum atomic E-state index is -1.13. The Kier molecular flexibility index (Phi) is 40.2. The summed E-state index contributed by atoms with van der Waals surface area (Å²) >= 11 is 0. The van der Waals surface area contributed by atoms with E-state index in [9.17, 15) is 19.5 Å². The van der Waals surface area contributed by atoms with Gasteiger partial charge in [0.1, 0.15) is 12.6 Å². The molecule has 0 bridgehead atoms. The van der Waals surface area contributed by atoms with Crippen molar-refractivity contribution in [1.82, 2.24) is 0 Å². The van der Waals surface area contributed by atoms with E-state index in [4.69, 9.17) is 14.2 Å². The molecule has 0 spiro atoms. The summed E-state index contributed by atoms with van der Waals surface area (Å²) in [5.41, 5.74) is 0. The monoisotopic (exact) mass is 840 g/mol. The molecule has 0 heterocycles. The summed E-state index contributed by atoms with van der Waals surface area (Å²) < 4.78 is 17.2. The number of carboxylic acid groups (broad SMARTS) is 1. The molecule has 0 aliphatic heterocycles. The molecule has 0 aliphatic rings. The van der Waals surface area contributed by atoms with Gasteiger partial charge in [-0.1, -0.05) is 164 Å². The van der Waals surface area contributed by atoms with E-state index in [1.54, 1.807) is 21.1 Å². The Morgan fingerprint density at radius 1 is 0.517 bits per heavy atom. The van der Waals surface area contributed by atoms with Gasteiger partial charge in [-0.15, -0.1) is 0 Å². The largest absolute Gasteiger partial charge is 0.544 e. The molecule has 0 aromatic rings. The lowest BCUT2D eigenvalue weighted by Crippen LogP contribution is -2.55. The molecular formula is C52H89NO7. The molecule has 2 atom stereocenters. The van der Waals surface area contributed by atoms with Crippen molar-refractivity contribution in [2.75, 3.05) is 41.0 Å². The average Bonchev–Trinajstić information content (AvgIpc) is 3.21. The fourth-order valence-corrected chi connectivity index (χ4v) is 6.63. The van der Waals surface area contributed by atoms with Gasteiger partial charge in [-0.05, 0) is 77.0 Å². The summed E-state index contributed by atoms with van der Waals surface area (Å²) in [5.74, 6) is -1.76. The predicted octanol–water partition coefficient (Wildman–Crippen LogP) is 12.2. The van der Waals surface area contributed by atoms with Crippen LogP contribution in [-0.2, 0) is 28.6 Å². The molecule has 8 nitrogen and oxygen atoms in total. The normalized spacial score (nSPS) is 13.6. The van der Waals surface area contributed by atoms with Crippen LogP contribution in [0.5, 0.6) is 0 Å². The maximum Gasteiger partial charge on any atom is 0.306 e. The highest BCUT2D eigenvalue weighted by Crippen LogP contribution is 2.14. The Hall–Kier alpha value is -3.23. The van der Waals surface area contributed by atoms with Gasteiger partial charge >= 0.3 is 11.9 Å². The fourth-order valence-electron chi connectivity index (χ4n) is 6.63. The molecule has 0 rings (SSSR count). The van der Waals surface area contributed by atoms with Gasteiger partial charge in [0.2, 0.25) is 0 Å². The lowest BCUT2D eigenvalue weighted by atomic mass is 10.0. The summed E-state index contributed by atoms with van der Waals surface area (Å²) in [6, 6.07) is -0.731. The standard InChI is InChI=1S/C52H89NO7/c1-6-8-10-12-14-16-18-20-21-22-23-24-25-26-27-28-29-31-33-35-37-39-41-43-51(55)60-48(46-58-45-44-49(52(56)57)53(3,4)5)47-59-50(54)42-40-38-36-34-32-30-19-17-15-13-11-9-7-2/h8,10-11,13-14,16-17,19-21,23-24,48-49H,6-7,9,12,15,18,22,25-47H2,1-5H3/b10-8-,13-11-,16-14-,19-17-,21-20-,24-23-. The number of hydrogen-bond donors (Lipinski definition) is 0. The van der Waals surface area contributed by atoms with E-state index in [-0.39, 0.29) is 42.7 Å². The van der Waals surface area contributed by atoms with Gasteiger partial charge in [-0.3, -0.25) is 9.59 Å². The van der Waals surface area contributed by atoms with Crippen molar-refractivity contribution in [2.45, 2.75) is 199 Å². The van der Waals surface area contributed by atoms with E-state index >= 15 is 0 Å². The molecular weight excluding hydrogens is 751 g/mol. The van der Waals surface area contributed by atoms with Crippen molar-refractivity contribution in [3.63, 3.8) is 0 Å². The Morgan fingerprint density at radius 3 is 1.38 bits per heavy atom. The lowest BCUT2D eigenvalue weighted by molar-refractivity contribution is -0.889. The highest BCUT2D eigenvalue weighted by atomic mass is 16.6. The Bertz CT molecular complexity index is 1210. The van der Waals surface area contributed by atoms with E-state index in [1.165, 1.54) is 51.4 Å². The van der Waals surface area contributed by atoms with E-state index in [0.717, 1.165) is 103 Å². The second-order valence-corrected chi connectivity index (χ2v) is 17.0. The summed E-state index contributed by atoms with van der Waals surface area (Å²) in [6.07, 6.45) is 53.6. The molecule has 0 amide bonds. The van der Waals surface area contributed by atoms with Crippen LogP contribution < -0.4 is 5.11 Å². The number of carbonyl (C=O) groups is 3. The van der Waals surface area contributed by atoms with Gasteiger partial charge < -0.3 is 28.6 Å². The first kappa shape index (κ1) is 56.8. The molecule has 0 radical (unpaired) electrons. The third-order valence-electron chi connectivity index (χ3n) is 10.3. The van der Waals surface area contributed by atoms with Gasteiger partial charge in [-0.2, -0.15) is 0 Å². The molecule has 0 saturated heterocycles. The maximum absolute atomic E-state index is 12.8. The number of carbonyl (C=O) groups excluding carboxylic acids is 3. The topological polar surface area (TPSA) is 102 Å². The minimum absolute atomic E-state index is 0.0316. The first-order chi connectivity index (χ1) is 29.1. The van der Waals surface area contributed by atoms with Crippen molar-refractivity contribution in [2.24, 2.45) is 0 Å². The third kappa shape index (κ3) is 40.2.